The number of nitrogens with zero attached hydrogens (tertiary/aromatic N) is 1. The van der Waals surface area contributed by atoms with Crippen molar-refractivity contribution in [3.8, 4) is 0 Å². The van der Waals surface area contributed by atoms with Crippen molar-refractivity contribution in [2.75, 3.05) is 19.6 Å². The second-order valence-electron chi connectivity index (χ2n) is 5.87. The Labute approximate surface area is 127 Å². The molecule has 2 rings (SSSR count). The van der Waals surface area contributed by atoms with Crippen molar-refractivity contribution < 1.29 is 9.59 Å². The van der Waals surface area contributed by atoms with Crippen molar-refractivity contribution in [3.63, 3.8) is 0 Å². The van der Waals surface area contributed by atoms with Crippen LogP contribution in [-0.2, 0) is 9.59 Å². The van der Waals surface area contributed by atoms with Gasteiger partial charge in [0.2, 0.25) is 11.8 Å². The lowest BCUT2D eigenvalue weighted by Crippen LogP contribution is -2.40. The average molecular weight is 304 g/mol. The molecule has 2 fully saturated rings. The van der Waals surface area contributed by atoms with Gasteiger partial charge < -0.3 is 16.0 Å². The van der Waals surface area contributed by atoms with E-state index in [4.69, 9.17) is 5.73 Å². The summed E-state index contributed by atoms with van der Waals surface area (Å²) in [5.41, 5.74) is 5.76. The Hall–Kier alpha value is -0.810. The maximum absolute atomic E-state index is 11.8. The highest BCUT2D eigenvalue weighted by Crippen LogP contribution is 2.25. The van der Waals surface area contributed by atoms with E-state index in [1.165, 1.54) is 19.3 Å². The van der Waals surface area contributed by atoms with Gasteiger partial charge in [0.15, 0.2) is 0 Å². The Bertz CT molecular complexity index is 332. The van der Waals surface area contributed by atoms with Gasteiger partial charge in [-0.3, -0.25) is 9.59 Å². The third-order valence-electron chi connectivity index (χ3n) is 4.21. The van der Waals surface area contributed by atoms with Crippen molar-refractivity contribution in [2.24, 2.45) is 11.7 Å². The fourth-order valence-corrected chi connectivity index (χ4v) is 3.03. The predicted molar refractivity (Wildman–Crippen MR) is 80.6 cm³/mol. The first kappa shape index (κ1) is 17.2. The number of rotatable bonds is 4. The second kappa shape index (κ2) is 8.47. The van der Waals surface area contributed by atoms with Crippen molar-refractivity contribution in [2.45, 2.75) is 51.0 Å². The highest BCUT2D eigenvalue weighted by atomic mass is 35.5. The van der Waals surface area contributed by atoms with Gasteiger partial charge in [-0.05, 0) is 25.2 Å². The molecule has 2 amide bonds. The first-order valence-electron chi connectivity index (χ1n) is 7.45. The van der Waals surface area contributed by atoms with Crippen LogP contribution in [0.4, 0.5) is 0 Å². The zero-order valence-electron chi connectivity index (χ0n) is 12.0. The van der Waals surface area contributed by atoms with Crippen LogP contribution in [0.15, 0.2) is 0 Å². The summed E-state index contributed by atoms with van der Waals surface area (Å²) in [6.45, 7) is 1.47. The lowest BCUT2D eigenvalue weighted by molar-refractivity contribution is -0.132. The van der Waals surface area contributed by atoms with E-state index in [0.717, 1.165) is 25.8 Å². The summed E-state index contributed by atoms with van der Waals surface area (Å²) in [4.78, 5) is 25.4. The minimum atomic E-state index is -0.00931. The molecule has 0 radical (unpaired) electrons. The van der Waals surface area contributed by atoms with E-state index in [1.807, 2.05) is 0 Å². The number of carbonyl (C=O) groups excluding carboxylic acids is 2. The van der Waals surface area contributed by atoms with E-state index in [1.54, 1.807) is 4.90 Å². The maximum Gasteiger partial charge on any atom is 0.242 e. The molecule has 0 spiro atoms. The van der Waals surface area contributed by atoms with Crippen molar-refractivity contribution >= 4 is 24.2 Å². The first-order valence-corrected chi connectivity index (χ1v) is 7.45. The molecule has 116 valence electrons. The fourth-order valence-electron chi connectivity index (χ4n) is 3.03. The molecule has 1 aliphatic heterocycles. The maximum atomic E-state index is 11.8. The standard InChI is InChI=1S/C14H25N3O2.ClH/c15-12-6-7-17(10-12)14(19)9-16-13(18)8-11-4-2-1-3-5-11;/h11-12H,1-10,15H2,(H,16,18);1H/t12-;/m1./s1. The highest BCUT2D eigenvalue weighted by Gasteiger charge is 2.24. The number of carbonyl (C=O) groups is 2. The van der Waals surface area contributed by atoms with Crippen LogP contribution in [0, 0.1) is 5.92 Å². The van der Waals surface area contributed by atoms with Gasteiger partial charge >= 0.3 is 0 Å². The van der Waals surface area contributed by atoms with Gasteiger partial charge in [-0.2, -0.15) is 0 Å². The minimum absolute atomic E-state index is 0. The molecule has 3 N–H and O–H groups in total. The van der Waals surface area contributed by atoms with Gasteiger partial charge in [-0.1, -0.05) is 19.3 Å². The summed E-state index contributed by atoms with van der Waals surface area (Å²) in [6.07, 6.45) is 7.52. The van der Waals surface area contributed by atoms with E-state index in [-0.39, 0.29) is 36.8 Å². The summed E-state index contributed by atoms with van der Waals surface area (Å²) in [5, 5.41) is 2.75. The number of amides is 2. The summed E-state index contributed by atoms with van der Waals surface area (Å²) >= 11 is 0. The Morgan fingerprint density at radius 2 is 1.85 bits per heavy atom. The fraction of sp³-hybridized carbons (Fsp3) is 0.857. The molecule has 6 heteroatoms. The number of likely N-dealkylation sites (tertiary alicyclic amines) is 1. The van der Waals surface area contributed by atoms with Crippen molar-refractivity contribution in [1.29, 1.82) is 0 Å². The summed E-state index contributed by atoms with van der Waals surface area (Å²) < 4.78 is 0. The van der Waals surface area contributed by atoms with Crippen LogP contribution in [0.25, 0.3) is 0 Å². The van der Waals surface area contributed by atoms with Crippen LogP contribution in [-0.4, -0.2) is 42.4 Å². The van der Waals surface area contributed by atoms with Crippen LogP contribution < -0.4 is 11.1 Å². The number of nitrogens with two attached hydrogens (primary N) is 1. The van der Waals surface area contributed by atoms with Gasteiger partial charge in [-0.15, -0.1) is 12.4 Å². The van der Waals surface area contributed by atoms with Crippen LogP contribution in [0.2, 0.25) is 0 Å². The van der Waals surface area contributed by atoms with Crippen molar-refractivity contribution in [1.82, 2.24) is 10.2 Å². The first-order chi connectivity index (χ1) is 9.15. The lowest BCUT2D eigenvalue weighted by Gasteiger charge is -2.21. The minimum Gasteiger partial charge on any atom is -0.347 e. The summed E-state index contributed by atoms with van der Waals surface area (Å²) in [5.74, 6) is 0.526. The number of hydrogen-bond donors (Lipinski definition) is 2. The molecule has 1 aliphatic carbocycles. The third-order valence-corrected chi connectivity index (χ3v) is 4.21. The van der Waals surface area contributed by atoms with Crippen LogP contribution in [0.1, 0.15) is 44.9 Å². The molecule has 1 saturated carbocycles. The zero-order chi connectivity index (χ0) is 13.7. The highest BCUT2D eigenvalue weighted by molar-refractivity contribution is 5.85. The molecule has 5 nitrogen and oxygen atoms in total. The number of halogens is 1. The molecule has 1 atom stereocenters. The lowest BCUT2D eigenvalue weighted by atomic mass is 9.87. The van der Waals surface area contributed by atoms with Gasteiger partial charge in [0.25, 0.3) is 0 Å². The second-order valence-corrected chi connectivity index (χ2v) is 5.87. The van der Waals surface area contributed by atoms with E-state index in [9.17, 15) is 9.59 Å². The SMILES string of the molecule is Cl.N[C@@H]1CCN(C(=O)CNC(=O)CC2CCCCC2)C1. The molecule has 0 aromatic rings. The Morgan fingerprint density at radius 1 is 1.15 bits per heavy atom. The molecule has 0 unspecified atom stereocenters. The predicted octanol–water partition coefficient (Wildman–Crippen LogP) is 1.05. The average Bonchev–Trinajstić information content (AvgIpc) is 2.84. The summed E-state index contributed by atoms with van der Waals surface area (Å²) in [7, 11) is 0. The molecule has 0 aromatic carbocycles. The molecular formula is C14H26ClN3O2. The van der Waals surface area contributed by atoms with Crippen LogP contribution >= 0.6 is 12.4 Å². The largest absolute Gasteiger partial charge is 0.347 e. The quantitative estimate of drug-likeness (QED) is 0.815. The topological polar surface area (TPSA) is 75.4 Å². The zero-order valence-corrected chi connectivity index (χ0v) is 12.8. The normalized spacial score (nSPS) is 23.2. The van der Waals surface area contributed by atoms with E-state index in [0.29, 0.717) is 18.9 Å². The Kier molecular flexibility index (Phi) is 7.30. The monoisotopic (exact) mass is 303 g/mol. The van der Waals surface area contributed by atoms with E-state index < -0.39 is 0 Å². The smallest absolute Gasteiger partial charge is 0.242 e. The molecule has 2 aliphatic rings. The molecule has 0 bridgehead atoms. The van der Waals surface area contributed by atoms with Gasteiger partial charge in [0, 0.05) is 25.6 Å². The molecule has 1 heterocycles. The van der Waals surface area contributed by atoms with Gasteiger partial charge in [-0.25, -0.2) is 0 Å². The summed E-state index contributed by atoms with van der Waals surface area (Å²) in [6, 6.07) is 0.0990. The van der Waals surface area contributed by atoms with Gasteiger partial charge in [0.1, 0.15) is 0 Å². The molecular weight excluding hydrogens is 278 g/mol. The number of hydrogen-bond acceptors (Lipinski definition) is 3. The Morgan fingerprint density at radius 3 is 2.45 bits per heavy atom. The van der Waals surface area contributed by atoms with Crippen LogP contribution in [0.5, 0.6) is 0 Å². The van der Waals surface area contributed by atoms with Crippen molar-refractivity contribution in [3.05, 3.63) is 0 Å². The van der Waals surface area contributed by atoms with E-state index >= 15 is 0 Å². The van der Waals surface area contributed by atoms with Gasteiger partial charge in [0.05, 0.1) is 6.54 Å². The van der Waals surface area contributed by atoms with Crippen LogP contribution in [0.3, 0.4) is 0 Å². The number of nitrogens with one attached hydrogen (secondary N) is 1. The molecule has 1 saturated heterocycles. The molecule has 0 aromatic heterocycles. The molecule has 20 heavy (non-hydrogen) atoms. The van der Waals surface area contributed by atoms with E-state index in [2.05, 4.69) is 5.32 Å². The Balaban J connectivity index is 0.00000200. The third kappa shape index (κ3) is 5.29.